The molecule has 172 valence electrons. The Hall–Kier alpha value is -2.57. The van der Waals surface area contributed by atoms with Gasteiger partial charge in [0.15, 0.2) is 0 Å². The third kappa shape index (κ3) is 6.97. The summed E-state index contributed by atoms with van der Waals surface area (Å²) >= 11 is 0. The minimum absolute atomic E-state index is 0.0929. The van der Waals surface area contributed by atoms with E-state index in [9.17, 15) is 19.5 Å². The van der Waals surface area contributed by atoms with Crippen LogP contribution < -0.4 is 0 Å². The third-order valence-electron chi connectivity index (χ3n) is 5.34. The first kappa shape index (κ1) is 24.7. The molecule has 7 nitrogen and oxygen atoms in total. The maximum absolute atomic E-state index is 13.1. The number of likely N-dealkylation sites (tertiary alicyclic amines) is 1. The van der Waals surface area contributed by atoms with E-state index in [1.807, 2.05) is 40.7 Å². The van der Waals surface area contributed by atoms with Crippen LogP contribution in [0.15, 0.2) is 18.2 Å². The number of amides is 2. The summed E-state index contributed by atoms with van der Waals surface area (Å²) < 4.78 is 5.45. The lowest BCUT2D eigenvalue weighted by atomic mass is 9.87. The van der Waals surface area contributed by atoms with Gasteiger partial charge in [0.1, 0.15) is 5.60 Å². The number of carboxylic acid groups (broad SMARTS) is 1. The lowest BCUT2D eigenvalue weighted by molar-refractivity contribution is 0.0204. The van der Waals surface area contributed by atoms with Crippen molar-refractivity contribution in [2.45, 2.75) is 71.8 Å². The fourth-order valence-corrected chi connectivity index (χ4v) is 3.89. The van der Waals surface area contributed by atoms with Crippen LogP contribution in [0.3, 0.4) is 0 Å². The molecule has 1 heterocycles. The molecule has 0 bridgehead atoms. The SMILES string of the molecule is CCCN(CCC)C(=O)c1cc(C(=O)O)cc(C2CCN(C(=O)OC(C)(C)C)CC2)c1. The number of hydrogen-bond acceptors (Lipinski definition) is 4. The largest absolute Gasteiger partial charge is 0.478 e. The highest BCUT2D eigenvalue weighted by atomic mass is 16.6. The van der Waals surface area contributed by atoms with Gasteiger partial charge in [-0.05, 0) is 76.1 Å². The second-order valence-corrected chi connectivity index (χ2v) is 9.18. The van der Waals surface area contributed by atoms with E-state index in [0.717, 1.165) is 18.4 Å². The fourth-order valence-electron chi connectivity index (χ4n) is 3.89. The van der Waals surface area contributed by atoms with Gasteiger partial charge in [-0.25, -0.2) is 9.59 Å². The molecule has 0 atom stereocenters. The van der Waals surface area contributed by atoms with Gasteiger partial charge in [0, 0.05) is 31.7 Å². The number of rotatable bonds is 7. The molecule has 0 unspecified atom stereocenters. The summed E-state index contributed by atoms with van der Waals surface area (Å²) in [5.41, 5.74) is 0.858. The first-order valence-corrected chi connectivity index (χ1v) is 11.2. The van der Waals surface area contributed by atoms with Crippen LogP contribution in [0, 0.1) is 0 Å². The maximum atomic E-state index is 13.1. The predicted molar refractivity (Wildman–Crippen MR) is 120 cm³/mol. The van der Waals surface area contributed by atoms with E-state index in [1.165, 1.54) is 6.07 Å². The standard InChI is InChI=1S/C24H36N2O5/c1-6-10-25(11-7-2)21(27)19-14-18(15-20(16-19)22(28)29)17-8-12-26(13-9-17)23(30)31-24(3,4)5/h14-17H,6-13H2,1-5H3,(H,28,29). The Kier molecular flexibility index (Phi) is 8.48. The van der Waals surface area contributed by atoms with Crippen LogP contribution in [0.5, 0.6) is 0 Å². The topological polar surface area (TPSA) is 87.2 Å². The summed E-state index contributed by atoms with van der Waals surface area (Å²) in [6.07, 6.45) is 2.77. The summed E-state index contributed by atoms with van der Waals surface area (Å²) in [4.78, 5) is 40.6. The highest BCUT2D eigenvalue weighted by molar-refractivity contribution is 5.98. The van der Waals surface area contributed by atoms with Crippen molar-refractivity contribution in [1.82, 2.24) is 9.80 Å². The molecule has 1 aromatic carbocycles. The fraction of sp³-hybridized carbons (Fsp3) is 0.625. The molecule has 2 rings (SSSR count). The zero-order valence-corrected chi connectivity index (χ0v) is 19.4. The lowest BCUT2D eigenvalue weighted by Gasteiger charge is -2.34. The van der Waals surface area contributed by atoms with E-state index in [1.54, 1.807) is 15.9 Å². The predicted octanol–water partition coefficient (Wildman–Crippen LogP) is 4.76. The van der Waals surface area contributed by atoms with Crippen LogP contribution in [0.1, 0.15) is 92.5 Å². The van der Waals surface area contributed by atoms with Crippen molar-refractivity contribution in [2.75, 3.05) is 26.2 Å². The molecular weight excluding hydrogens is 396 g/mol. The van der Waals surface area contributed by atoms with Gasteiger partial charge < -0.3 is 19.6 Å². The number of carboxylic acids is 1. The number of ether oxygens (including phenoxy) is 1. The smallest absolute Gasteiger partial charge is 0.410 e. The van der Waals surface area contributed by atoms with Gasteiger partial charge in [-0.3, -0.25) is 4.79 Å². The maximum Gasteiger partial charge on any atom is 0.410 e. The van der Waals surface area contributed by atoms with E-state index in [4.69, 9.17) is 4.74 Å². The molecule has 0 saturated carbocycles. The highest BCUT2D eigenvalue weighted by Crippen LogP contribution is 2.30. The molecule has 0 aromatic heterocycles. The van der Waals surface area contributed by atoms with Crippen molar-refractivity contribution < 1.29 is 24.2 Å². The van der Waals surface area contributed by atoms with Crippen molar-refractivity contribution in [3.63, 3.8) is 0 Å². The Morgan fingerprint density at radius 1 is 1.03 bits per heavy atom. The molecule has 31 heavy (non-hydrogen) atoms. The number of aromatic carboxylic acids is 1. The van der Waals surface area contributed by atoms with Crippen molar-refractivity contribution in [3.8, 4) is 0 Å². The number of carbonyl (C=O) groups excluding carboxylic acids is 2. The minimum atomic E-state index is -1.04. The second kappa shape index (κ2) is 10.6. The average molecular weight is 433 g/mol. The number of hydrogen-bond donors (Lipinski definition) is 1. The molecular formula is C24H36N2O5. The van der Waals surface area contributed by atoms with Gasteiger partial charge in [0.2, 0.25) is 0 Å². The van der Waals surface area contributed by atoms with E-state index in [-0.39, 0.29) is 23.5 Å². The molecule has 0 aliphatic carbocycles. The Balaban J connectivity index is 2.21. The summed E-state index contributed by atoms with van der Waals surface area (Å²) in [6.45, 7) is 11.9. The van der Waals surface area contributed by atoms with Crippen molar-refractivity contribution in [2.24, 2.45) is 0 Å². The Morgan fingerprint density at radius 2 is 1.58 bits per heavy atom. The third-order valence-corrected chi connectivity index (χ3v) is 5.34. The summed E-state index contributed by atoms with van der Waals surface area (Å²) in [6, 6.07) is 4.97. The Morgan fingerprint density at radius 3 is 2.06 bits per heavy atom. The number of benzene rings is 1. The van der Waals surface area contributed by atoms with Gasteiger partial charge in [0.05, 0.1) is 5.56 Å². The zero-order valence-electron chi connectivity index (χ0n) is 19.4. The molecule has 7 heteroatoms. The lowest BCUT2D eigenvalue weighted by Crippen LogP contribution is -2.41. The van der Waals surface area contributed by atoms with Crippen molar-refractivity contribution in [3.05, 3.63) is 34.9 Å². The van der Waals surface area contributed by atoms with Gasteiger partial charge in [0.25, 0.3) is 5.91 Å². The van der Waals surface area contributed by atoms with E-state index >= 15 is 0 Å². The molecule has 1 aromatic rings. The molecule has 1 aliphatic rings. The first-order valence-electron chi connectivity index (χ1n) is 11.2. The molecule has 0 spiro atoms. The minimum Gasteiger partial charge on any atom is -0.478 e. The van der Waals surface area contributed by atoms with E-state index in [2.05, 4.69) is 0 Å². The van der Waals surface area contributed by atoms with Gasteiger partial charge in [-0.1, -0.05) is 13.8 Å². The van der Waals surface area contributed by atoms with Crippen molar-refractivity contribution in [1.29, 1.82) is 0 Å². The van der Waals surface area contributed by atoms with Gasteiger partial charge in [-0.15, -0.1) is 0 Å². The molecule has 1 saturated heterocycles. The van der Waals surface area contributed by atoms with Gasteiger partial charge in [-0.2, -0.15) is 0 Å². The molecule has 1 fully saturated rings. The summed E-state index contributed by atoms with van der Waals surface area (Å²) in [5.74, 6) is -1.07. The van der Waals surface area contributed by atoms with Crippen LogP contribution in [-0.4, -0.2) is 64.7 Å². The average Bonchev–Trinajstić information content (AvgIpc) is 2.71. The molecule has 0 radical (unpaired) electrons. The molecule has 1 aliphatic heterocycles. The van der Waals surface area contributed by atoms with Crippen LogP contribution in [0.25, 0.3) is 0 Å². The number of piperidine rings is 1. The van der Waals surface area contributed by atoms with Crippen LogP contribution in [0.4, 0.5) is 4.79 Å². The summed E-state index contributed by atoms with van der Waals surface area (Å²) in [7, 11) is 0. The van der Waals surface area contributed by atoms with E-state index in [0.29, 0.717) is 44.6 Å². The highest BCUT2D eigenvalue weighted by Gasteiger charge is 2.28. The first-order chi connectivity index (χ1) is 14.6. The molecule has 2 amide bonds. The summed E-state index contributed by atoms with van der Waals surface area (Å²) in [5, 5.41) is 9.59. The van der Waals surface area contributed by atoms with Crippen LogP contribution in [-0.2, 0) is 4.74 Å². The molecule has 1 N–H and O–H groups in total. The van der Waals surface area contributed by atoms with E-state index < -0.39 is 11.6 Å². The quantitative estimate of drug-likeness (QED) is 0.671. The van der Waals surface area contributed by atoms with Crippen LogP contribution >= 0.6 is 0 Å². The Labute approximate surface area is 185 Å². The van der Waals surface area contributed by atoms with Crippen LogP contribution in [0.2, 0.25) is 0 Å². The normalized spacial score (nSPS) is 14.9. The number of nitrogens with zero attached hydrogens (tertiary/aromatic N) is 2. The second-order valence-electron chi connectivity index (χ2n) is 9.18. The van der Waals surface area contributed by atoms with Gasteiger partial charge >= 0.3 is 12.1 Å². The Bertz CT molecular complexity index is 786. The zero-order chi connectivity index (χ0) is 23.2. The number of carbonyl (C=O) groups is 3. The monoisotopic (exact) mass is 432 g/mol. The van der Waals surface area contributed by atoms with Crippen molar-refractivity contribution >= 4 is 18.0 Å².